The number of para-hydroxylation sites is 4. The van der Waals surface area contributed by atoms with Crippen LogP contribution in [-0.4, -0.2) is 0 Å². The van der Waals surface area contributed by atoms with Crippen LogP contribution in [0.25, 0.3) is 11.1 Å². The summed E-state index contributed by atoms with van der Waals surface area (Å²) in [6.07, 6.45) is 0. The highest BCUT2D eigenvalue weighted by atomic mass is 32.2. The van der Waals surface area contributed by atoms with Gasteiger partial charge in [-0.2, -0.15) is 0 Å². The van der Waals surface area contributed by atoms with E-state index in [2.05, 4.69) is 155 Å². The first-order valence-corrected chi connectivity index (χ1v) is 15.0. The van der Waals surface area contributed by atoms with E-state index in [0.29, 0.717) is 0 Å². The first-order chi connectivity index (χ1) is 19.8. The molecule has 0 saturated heterocycles. The van der Waals surface area contributed by atoms with Crippen molar-refractivity contribution in [3.63, 3.8) is 0 Å². The highest BCUT2D eigenvalue weighted by molar-refractivity contribution is 8.00. The van der Waals surface area contributed by atoms with Crippen molar-refractivity contribution in [2.45, 2.75) is 19.6 Å². The number of rotatable bonds is 3. The van der Waals surface area contributed by atoms with Gasteiger partial charge in [0.1, 0.15) is 0 Å². The maximum atomic E-state index is 2.37. The SMILES string of the molecule is c1ccc2c(c1)Sc1ccccc1N2c1ccc(-c2ccc(N3c4ccccc4Sc4ccccc43)cc2)cc1. The second-order valence-corrected chi connectivity index (χ2v) is 12.0. The van der Waals surface area contributed by atoms with E-state index in [1.54, 1.807) is 0 Å². The molecule has 8 rings (SSSR count). The van der Waals surface area contributed by atoms with E-state index in [0.717, 1.165) is 0 Å². The molecule has 0 fully saturated rings. The van der Waals surface area contributed by atoms with Crippen molar-refractivity contribution < 1.29 is 0 Å². The highest BCUT2D eigenvalue weighted by Crippen LogP contribution is 2.52. The summed E-state index contributed by atoms with van der Waals surface area (Å²) in [6.45, 7) is 0. The molecular weight excluding hydrogens is 525 g/mol. The second kappa shape index (κ2) is 9.67. The van der Waals surface area contributed by atoms with Crippen molar-refractivity contribution in [1.82, 2.24) is 0 Å². The van der Waals surface area contributed by atoms with Gasteiger partial charge in [0.15, 0.2) is 0 Å². The minimum absolute atomic E-state index is 1.17. The van der Waals surface area contributed by atoms with Gasteiger partial charge in [-0.15, -0.1) is 0 Å². The zero-order valence-corrected chi connectivity index (χ0v) is 23.2. The predicted octanol–water partition coefficient (Wildman–Crippen LogP) is 11.2. The number of hydrogen-bond donors (Lipinski definition) is 0. The third-order valence-electron chi connectivity index (χ3n) is 7.45. The molecule has 0 aromatic heterocycles. The summed E-state index contributed by atoms with van der Waals surface area (Å²) in [6, 6.07) is 52.5. The van der Waals surface area contributed by atoms with Crippen LogP contribution in [-0.2, 0) is 0 Å². The van der Waals surface area contributed by atoms with Gasteiger partial charge in [-0.3, -0.25) is 0 Å². The summed E-state index contributed by atoms with van der Waals surface area (Å²) >= 11 is 3.68. The molecule has 0 bridgehead atoms. The number of anilines is 6. The monoisotopic (exact) mass is 548 g/mol. The molecule has 2 aliphatic rings. The molecule has 0 atom stereocenters. The second-order valence-electron chi connectivity index (χ2n) is 9.84. The summed E-state index contributed by atoms with van der Waals surface area (Å²) < 4.78 is 0. The first kappa shape index (κ1) is 23.5. The maximum Gasteiger partial charge on any atom is 0.0601 e. The summed E-state index contributed by atoms with van der Waals surface area (Å²) in [5.74, 6) is 0. The fourth-order valence-corrected chi connectivity index (χ4v) is 7.69. The molecule has 2 aliphatic heterocycles. The summed E-state index contributed by atoms with van der Waals surface area (Å²) in [5, 5.41) is 0. The molecule has 6 aromatic carbocycles. The number of fused-ring (bicyclic) bond motifs is 4. The minimum atomic E-state index is 1.17. The standard InChI is InChI=1S/C36H24N2S2/c1-5-13-33-29(9-1)37(30-10-2-6-14-34(30)39-33)27-21-17-25(18-22-27)26-19-23-28(24-20-26)38-31-11-3-7-15-35(31)40-36-16-8-4-12-32(36)38/h1-24H. The Bertz CT molecular complexity index is 1630. The van der Waals surface area contributed by atoms with E-state index < -0.39 is 0 Å². The average Bonchev–Trinajstić information content (AvgIpc) is 3.03. The fraction of sp³-hybridized carbons (Fsp3) is 0. The molecule has 0 N–H and O–H groups in total. The lowest BCUT2D eigenvalue weighted by Gasteiger charge is -2.33. The highest BCUT2D eigenvalue weighted by Gasteiger charge is 2.25. The molecule has 0 unspecified atom stereocenters. The van der Waals surface area contributed by atoms with E-state index in [-0.39, 0.29) is 0 Å². The zero-order chi connectivity index (χ0) is 26.5. The Kier molecular flexibility index (Phi) is 5.68. The van der Waals surface area contributed by atoms with Gasteiger partial charge in [0.05, 0.1) is 22.7 Å². The first-order valence-electron chi connectivity index (χ1n) is 13.4. The minimum Gasteiger partial charge on any atom is -0.308 e. The van der Waals surface area contributed by atoms with E-state index >= 15 is 0 Å². The molecule has 0 aliphatic carbocycles. The van der Waals surface area contributed by atoms with Gasteiger partial charge >= 0.3 is 0 Å². The van der Waals surface area contributed by atoms with Crippen LogP contribution >= 0.6 is 23.5 Å². The van der Waals surface area contributed by atoms with Crippen molar-refractivity contribution in [2.75, 3.05) is 9.80 Å². The third kappa shape index (κ3) is 3.91. The lowest BCUT2D eigenvalue weighted by Crippen LogP contribution is -2.14. The van der Waals surface area contributed by atoms with Crippen LogP contribution in [0.4, 0.5) is 34.1 Å². The van der Waals surface area contributed by atoms with Crippen LogP contribution in [0.5, 0.6) is 0 Å². The van der Waals surface area contributed by atoms with Crippen molar-refractivity contribution in [2.24, 2.45) is 0 Å². The quantitative estimate of drug-likeness (QED) is 0.216. The topological polar surface area (TPSA) is 6.48 Å². The average molecular weight is 549 g/mol. The molecule has 6 aromatic rings. The van der Waals surface area contributed by atoms with Gasteiger partial charge in [0, 0.05) is 31.0 Å². The van der Waals surface area contributed by atoms with Gasteiger partial charge in [-0.1, -0.05) is 96.3 Å². The number of nitrogens with zero attached hydrogens (tertiary/aromatic N) is 2. The van der Waals surface area contributed by atoms with Gasteiger partial charge in [-0.25, -0.2) is 0 Å². The maximum absolute atomic E-state index is 2.37. The van der Waals surface area contributed by atoms with E-state index in [4.69, 9.17) is 0 Å². The van der Waals surface area contributed by atoms with Crippen LogP contribution in [0, 0.1) is 0 Å². The molecule has 4 heteroatoms. The van der Waals surface area contributed by atoms with Crippen LogP contribution in [0.2, 0.25) is 0 Å². The molecule has 2 nitrogen and oxygen atoms in total. The molecule has 0 saturated carbocycles. The summed E-state index contributed by atoms with van der Waals surface area (Å²) in [5.41, 5.74) is 9.65. The zero-order valence-electron chi connectivity index (χ0n) is 21.6. The van der Waals surface area contributed by atoms with Crippen molar-refractivity contribution in [1.29, 1.82) is 0 Å². The molecule has 2 heterocycles. The van der Waals surface area contributed by atoms with E-state index in [1.807, 2.05) is 23.5 Å². The fourth-order valence-electron chi connectivity index (χ4n) is 5.57. The van der Waals surface area contributed by atoms with Gasteiger partial charge < -0.3 is 9.80 Å². The van der Waals surface area contributed by atoms with Gasteiger partial charge in [-0.05, 0) is 83.9 Å². The Morgan fingerprint density at radius 2 is 0.575 bits per heavy atom. The molecule has 40 heavy (non-hydrogen) atoms. The largest absolute Gasteiger partial charge is 0.308 e. The van der Waals surface area contributed by atoms with Crippen molar-refractivity contribution >= 4 is 57.6 Å². The Morgan fingerprint density at radius 1 is 0.300 bits per heavy atom. The third-order valence-corrected chi connectivity index (χ3v) is 9.71. The van der Waals surface area contributed by atoms with Gasteiger partial charge in [0.2, 0.25) is 0 Å². The molecule has 0 radical (unpaired) electrons. The molecular formula is C36H24N2S2. The predicted molar refractivity (Wildman–Crippen MR) is 169 cm³/mol. The number of benzene rings is 6. The Labute approximate surface area is 242 Å². The number of hydrogen-bond acceptors (Lipinski definition) is 4. The Morgan fingerprint density at radius 3 is 0.875 bits per heavy atom. The normalized spacial score (nSPS) is 13.2. The van der Waals surface area contributed by atoms with Crippen LogP contribution in [0.15, 0.2) is 165 Å². The molecule has 190 valence electrons. The summed E-state index contributed by atoms with van der Waals surface area (Å²) in [4.78, 5) is 9.86. The van der Waals surface area contributed by atoms with Crippen LogP contribution < -0.4 is 9.80 Å². The lowest BCUT2D eigenvalue weighted by molar-refractivity contribution is 1.16. The Hall–Kier alpha value is -4.38. The van der Waals surface area contributed by atoms with Crippen molar-refractivity contribution in [3.8, 4) is 11.1 Å². The molecule has 0 spiro atoms. The molecule has 0 amide bonds. The smallest absolute Gasteiger partial charge is 0.0601 e. The summed E-state index contributed by atoms with van der Waals surface area (Å²) in [7, 11) is 0. The van der Waals surface area contributed by atoms with Crippen LogP contribution in [0.3, 0.4) is 0 Å². The van der Waals surface area contributed by atoms with Crippen LogP contribution in [0.1, 0.15) is 0 Å². The van der Waals surface area contributed by atoms with E-state index in [9.17, 15) is 0 Å². The Balaban J connectivity index is 1.13. The van der Waals surface area contributed by atoms with E-state index in [1.165, 1.54) is 64.8 Å². The lowest BCUT2D eigenvalue weighted by atomic mass is 10.0. The van der Waals surface area contributed by atoms with Crippen molar-refractivity contribution in [3.05, 3.63) is 146 Å². The van der Waals surface area contributed by atoms with Gasteiger partial charge in [0.25, 0.3) is 0 Å².